The fraction of sp³-hybridized carbons (Fsp3) is 0.302. The number of hydrogen-bond acceptors (Lipinski definition) is 2. The van der Waals surface area contributed by atoms with Crippen LogP contribution in [0.5, 0.6) is 0 Å². The van der Waals surface area contributed by atoms with Gasteiger partial charge in [-0.1, -0.05) is 124 Å². The van der Waals surface area contributed by atoms with Gasteiger partial charge < -0.3 is 4.90 Å². The topological polar surface area (TPSA) is 3.24 Å². The molecule has 1 nitrogen and oxygen atoms in total. The number of fused-ring (bicyclic) bond motifs is 3. The van der Waals surface area contributed by atoms with Gasteiger partial charge in [0.15, 0.2) is 0 Å². The summed E-state index contributed by atoms with van der Waals surface area (Å²) < 4.78 is 2.70. The van der Waals surface area contributed by atoms with Gasteiger partial charge in [-0.25, -0.2) is 0 Å². The maximum Gasteiger partial charge on any atom is 0.0476 e. The minimum absolute atomic E-state index is 0.0960. The molecule has 1 aromatic heterocycles. The second kappa shape index (κ2) is 12.5. The highest BCUT2D eigenvalue weighted by atomic mass is 32.1. The van der Waals surface area contributed by atoms with Crippen LogP contribution in [0.4, 0.5) is 17.1 Å². The van der Waals surface area contributed by atoms with E-state index in [4.69, 9.17) is 0 Å². The van der Waals surface area contributed by atoms with Gasteiger partial charge in [0.2, 0.25) is 0 Å². The standard InChI is InChI=1S/C43H43NS/c1-2-12-30-43(29-11-1,34-15-7-4-8-16-34)35-21-25-37(26-22-35)44(36-23-19-33(20-24-36)32-13-5-3-6-14-32)38-27-28-40-39-17-9-10-18-41(39)45-42(40)31-38/h4,7-10,15-28,31-32H,1-3,5-6,11-14,29-30H2. The van der Waals surface area contributed by atoms with Crippen molar-refractivity contribution in [3.8, 4) is 0 Å². The molecule has 0 bridgehead atoms. The van der Waals surface area contributed by atoms with Crippen LogP contribution in [0.2, 0.25) is 0 Å². The Hall–Kier alpha value is -3.88. The fourth-order valence-corrected chi connectivity index (χ4v) is 9.53. The Labute approximate surface area is 272 Å². The molecule has 45 heavy (non-hydrogen) atoms. The van der Waals surface area contributed by atoms with E-state index in [1.165, 1.54) is 125 Å². The van der Waals surface area contributed by atoms with Crippen LogP contribution in [-0.4, -0.2) is 0 Å². The number of hydrogen-bond donors (Lipinski definition) is 0. The summed E-state index contributed by atoms with van der Waals surface area (Å²) in [6, 6.07) is 46.4. The molecule has 0 saturated heterocycles. The maximum absolute atomic E-state index is 2.47. The van der Waals surface area contributed by atoms with E-state index in [1.54, 1.807) is 0 Å². The first-order chi connectivity index (χ1) is 22.3. The maximum atomic E-state index is 2.47. The zero-order chi connectivity index (χ0) is 30.1. The van der Waals surface area contributed by atoms with Gasteiger partial charge in [0, 0.05) is 42.6 Å². The zero-order valence-electron chi connectivity index (χ0n) is 26.3. The van der Waals surface area contributed by atoms with E-state index in [-0.39, 0.29) is 5.41 Å². The quantitative estimate of drug-likeness (QED) is 0.171. The summed E-state index contributed by atoms with van der Waals surface area (Å²) in [4.78, 5) is 2.47. The third-order valence-electron chi connectivity index (χ3n) is 10.8. The van der Waals surface area contributed by atoms with E-state index in [0.717, 1.165) is 0 Å². The number of rotatable bonds is 6. The molecular formula is C43H43NS. The molecule has 0 atom stereocenters. The van der Waals surface area contributed by atoms with Gasteiger partial charge in [0.25, 0.3) is 0 Å². The number of anilines is 3. The van der Waals surface area contributed by atoms with E-state index in [1.807, 2.05) is 11.3 Å². The van der Waals surface area contributed by atoms with Crippen LogP contribution in [0.3, 0.4) is 0 Å². The van der Waals surface area contributed by atoms with E-state index in [9.17, 15) is 0 Å². The lowest BCUT2D eigenvalue weighted by Gasteiger charge is -2.35. The van der Waals surface area contributed by atoms with Crippen molar-refractivity contribution in [2.75, 3.05) is 4.90 Å². The molecule has 6 aromatic rings. The lowest BCUT2D eigenvalue weighted by molar-refractivity contribution is 0.443. The molecule has 0 N–H and O–H groups in total. The van der Waals surface area contributed by atoms with Crippen molar-refractivity contribution >= 4 is 48.6 Å². The van der Waals surface area contributed by atoms with Crippen molar-refractivity contribution in [2.24, 2.45) is 0 Å². The Bertz CT molecular complexity index is 1870. The van der Waals surface area contributed by atoms with Crippen LogP contribution in [0.1, 0.15) is 93.2 Å². The summed E-state index contributed by atoms with van der Waals surface area (Å²) >= 11 is 1.90. The van der Waals surface area contributed by atoms with Crippen LogP contribution in [0, 0.1) is 0 Å². The third-order valence-corrected chi connectivity index (χ3v) is 11.9. The molecule has 0 radical (unpaired) electrons. The van der Waals surface area contributed by atoms with Crippen LogP contribution in [0.15, 0.2) is 121 Å². The first-order valence-corrected chi connectivity index (χ1v) is 18.1. The van der Waals surface area contributed by atoms with Gasteiger partial charge in [-0.2, -0.15) is 0 Å². The molecule has 0 amide bonds. The van der Waals surface area contributed by atoms with Crippen molar-refractivity contribution in [2.45, 2.75) is 82.0 Å². The zero-order valence-corrected chi connectivity index (χ0v) is 27.1. The summed E-state index contributed by atoms with van der Waals surface area (Å²) in [6.07, 6.45) is 14.5. The van der Waals surface area contributed by atoms with Crippen molar-refractivity contribution in [3.05, 3.63) is 138 Å². The Balaban J connectivity index is 1.21. The molecule has 5 aromatic carbocycles. The van der Waals surface area contributed by atoms with Gasteiger partial charge in [-0.15, -0.1) is 11.3 Å². The van der Waals surface area contributed by atoms with Gasteiger partial charge in [-0.05, 0) is 90.8 Å². The normalized spacial score (nSPS) is 17.3. The third kappa shape index (κ3) is 5.48. The molecular weight excluding hydrogens is 563 g/mol. The average molecular weight is 606 g/mol. The second-order valence-corrected chi connectivity index (χ2v) is 14.5. The summed E-state index contributed by atoms with van der Waals surface area (Å²) in [5, 5.41) is 2.70. The highest BCUT2D eigenvalue weighted by Gasteiger charge is 2.34. The Morgan fingerprint density at radius 3 is 1.80 bits per heavy atom. The number of thiophene rings is 1. The summed E-state index contributed by atoms with van der Waals surface area (Å²) in [6.45, 7) is 0. The summed E-state index contributed by atoms with van der Waals surface area (Å²) in [5.41, 5.74) is 8.22. The van der Waals surface area contributed by atoms with E-state index in [2.05, 4.69) is 126 Å². The van der Waals surface area contributed by atoms with Crippen LogP contribution >= 0.6 is 11.3 Å². The molecule has 2 fully saturated rings. The van der Waals surface area contributed by atoms with E-state index >= 15 is 0 Å². The first kappa shape index (κ1) is 28.6. The van der Waals surface area contributed by atoms with Crippen LogP contribution < -0.4 is 4.90 Å². The van der Waals surface area contributed by atoms with Gasteiger partial charge in [0.05, 0.1) is 0 Å². The fourth-order valence-electron chi connectivity index (χ4n) is 8.40. The summed E-state index contributed by atoms with van der Waals surface area (Å²) in [5.74, 6) is 0.712. The predicted octanol–water partition coefficient (Wildman–Crippen LogP) is 13.2. The molecule has 0 unspecified atom stereocenters. The molecule has 1 heterocycles. The average Bonchev–Trinajstić information content (AvgIpc) is 3.29. The van der Waals surface area contributed by atoms with Crippen molar-refractivity contribution in [1.82, 2.24) is 0 Å². The SMILES string of the molecule is c1ccc(C2(c3ccc(N(c4ccc(C5CCCCC5)cc4)c4ccc5c(c4)sc4ccccc45)cc3)CCCCCC2)cc1. The largest absolute Gasteiger partial charge is 0.310 e. The molecule has 2 heteroatoms. The molecule has 0 spiro atoms. The minimum atomic E-state index is 0.0960. The van der Waals surface area contributed by atoms with Gasteiger partial charge in [0.1, 0.15) is 0 Å². The Kier molecular flexibility index (Phi) is 7.93. The van der Waals surface area contributed by atoms with Crippen molar-refractivity contribution in [1.29, 1.82) is 0 Å². The second-order valence-electron chi connectivity index (χ2n) is 13.4. The smallest absolute Gasteiger partial charge is 0.0476 e. The highest BCUT2D eigenvalue weighted by molar-refractivity contribution is 7.25. The minimum Gasteiger partial charge on any atom is -0.310 e. The van der Waals surface area contributed by atoms with Crippen LogP contribution in [-0.2, 0) is 5.41 Å². The van der Waals surface area contributed by atoms with Crippen LogP contribution in [0.25, 0.3) is 20.2 Å². The Morgan fingerprint density at radius 2 is 1.07 bits per heavy atom. The summed E-state index contributed by atoms with van der Waals surface area (Å²) in [7, 11) is 0. The first-order valence-electron chi connectivity index (χ1n) is 17.3. The Morgan fingerprint density at radius 1 is 0.489 bits per heavy atom. The molecule has 2 saturated carbocycles. The van der Waals surface area contributed by atoms with Gasteiger partial charge >= 0.3 is 0 Å². The lowest BCUT2D eigenvalue weighted by atomic mass is 9.69. The van der Waals surface area contributed by atoms with E-state index in [0.29, 0.717) is 5.92 Å². The monoisotopic (exact) mass is 605 g/mol. The van der Waals surface area contributed by atoms with Gasteiger partial charge in [-0.3, -0.25) is 0 Å². The van der Waals surface area contributed by atoms with E-state index < -0.39 is 0 Å². The number of benzene rings is 5. The number of nitrogens with zero attached hydrogens (tertiary/aromatic N) is 1. The molecule has 0 aliphatic heterocycles. The molecule has 8 rings (SSSR count). The van der Waals surface area contributed by atoms with Crippen molar-refractivity contribution < 1.29 is 0 Å². The molecule has 2 aliphatic rings. The highest BCUT2D eigenvalue weighted by Crippen LogP contribution is 2.46. The lowest BCUT2D eigenvalue weighted by Crippen LogP contribution is -2.27. The molecule has 2 aliphatic carbocycles. The van der Waals surface area contributed by atoms with Crippen molar-refractivity contribution in [3.63, 3.8) is 0 Å². The molecule has 226 valence electrons. The predicted molar refractivity (Wildman–Crippen MR) is 195 cm³/mol.